The van der Waals surface area contributed by atoms with Crippen molar-refractivity contribution in [3.8, 4) is 0 Å². The molecule has 2 amide bonds. The Bertz CT molecular complexity index is 579. The molecule has 1 atom stereocenters. The van der Waals surface area contributed by atoms with E-state index in [0.29, 0.717) is 5.69 Å². The number of hydrogen-bond acceptors (Lipinski definition) is 3. The van der Waals surface area contributed by atoms with Gasteiger partial charge in [-0.1, -0.05) is 0 Å². The Morgan fingerprint density at radius 3 is 2.24 bits per heavy atom. The van der Waals surface area contributed by atoms with Crippen LogP contribution < -0.4 is 5.32 Å². The van der Waals surface area contributed by atoms with Crippen molar-refractivity contribution in [2.24, 2.45) is 0 Å². The fourth-order valence-corrected chi connectivity index (χ4v) is 2.44. The Balaban J connectivity index is 1.69. The van der Waals surface area contributed by atoms with Crippen molar-refractivity contribution in [2.75, 3.05) is 5.32 Å². The van der Waals surface area contributed by atoms with E-state index < -0.39 is 17.8 Å². The van der Waals surface area contributed by atoms with E-state index >= 15 is 0 Å². The molecule has 1 aromatic carbocycles. The molecule has 1 heterocycles. The van der Waals surface area contributed by atoms with Gasteiger partial charge in [0, 0.05) is 11.7 Å². The molecule has 7 heteroatoms. The third-order valence-corrected chi connectivity index (χ3v) is 3.65. The normalized spacial score (nSPS) is 22.8. The van der Waals surface area contributed by atoms with Gasteiger partial charge in [-0.15, -0.1) is 0 Å². The van der Waals surface area contributed by atoms with Gasteiger partial charge in [-0.2, -0.15) is 13.2 Å². The topological polar surface area (TPSA) is 49.4 Å². The molecule has 1 saturated carbocycles. The number of imide groups is 1. The van der Waals surface area contributed by atoms with Crippen molar-refractivity contribution in [2.45, 2.75) is 37.5 Å². The lowest BCUT2D eigenvalue weighted by Crippen LogP contribution is -2.36. The molecule has 0 aromatic heterocycles. The van der Waals surface area contributed by atoms with Crippen LogP contribution in [-0.4, -0.2) is 28.8 Å². The Labute approximate surface area is 118 Å². The van der Waals surface area contributed by atoms with Crippen molar-refractivity contribution < 1.29 is 22.8 Å². The Morgan fingerprint density at radius 1 is 1.10 bits per heavy atom. The van der Waals surface area contributed by atoms with E-state index in [-0.39, 0.29) is 24.3 Å². The van der Waals surface area contributed by atoms with Crippen molar-refractivity contribution in [1.82, 2.24) is 4.90 Å². The lowest BCUT2D eigenvalue weighted by molar-refractivity contribution is -0.139. The molecule has 0 bridgehead atoms. The number of benzene rings is 1. The molecule has 1 N–H and O–H groups in total. The predicted octanol–water partition coefficient (Wildman–Crippen LogP) is 2.41. The number of halogens is 3. The van der Waals surface area contributed by atoms with E-state index in [1.165, 1.54) is 17.0 Å². The van der Waals surface area contributed by atoms with Crippen LogP contribution >= 0.6 is 0 Å². The first-order valence-electron chi connectivity index (χ1n) is 6.66. The number of amides is 2. The van der Waals surface area contributed by atoms with Crippen LogP contribution in [-0.2, 0) is 15.8 Å². The third kappa shape index (κ3) is 2.72. The van der Waals surface area contributed by atoms with Gasteiger partial charge in [-0.3, -0.25) is 14.5 Å². The summed E-state index contributed by atoms with van der Waals surface area (Å²) in [5, 5.41) is 2.83. The molecule has 2 aliphatic rings. The van der Waals surface area contributed by atoms with E-state index in [2.05, 4.69) is 5.32 Å². The largest absolute Gasteiger partial charge is 0.416 e. The number of nitrogens with one attached hydrogen (secondary N) is 1. The summed E-state index contributed by atoms with van der Waals surface area (Å²) < 4.78 is 37.4. The molecular weight excluding hydrogens is 285 g/mol. The van der Waals surface area contributed by atoms with E-state index in [9.17, 15) is 22.8 Å². The minimum Gasteiger partial charge on any atom is -0.373 e. The summed E-state index contributed by atoms with van der Waals surface area (Å²) >= 11 is 0. The van der Waals surface area contributed by atoms with Crippen LogP contribution in [0.3, 0.4) is 0 Å². The van der Waals surface area contributed by atoms with Crippen LogP contribution in [0.5, 0.6) is 0 Å². The van der Waals surface area contributed by atoms with Gasteiger partial charge in [-0.05, 0) is 37.1 Å². The zero-order valence-electron chi connectivity index (χ0n) is 11.0. The standard InChI is InChI=1S/C14H13F3N2O2/c15-14(16,17)8-1-3-9(4-2-8)18-11-7-12(20)19(13(11)21)10-5-6-10/h1-4,10-11,18H,5-7H2. The molecule has 1 saturated heterocycles. The molecular formula is C14H13F3N2O2. The second-order valence-electron chi connectivity index (χ2n) is 5.31. The monoisotopic (exact) mass is 298 g/mol. The van der Waals surface area contributed by atoms with Crippen LogP contribution in [0.4, 0.5) is 18.9 Å². The molecule has 1 aromatic rings. The maximum atomic E-state index is 12.5. The minimum absolute atomic E-state index is 0.0180. The fourth-order valence-electron chi connectivity index (χ4n) is 2.44. The van der Waals surface area contributed by atoms with Crippen molar-refractivity contribution in [1.29, 1.82) is 0 Å². The molecule has 3 rings (SSSR count). The summed E-state index contributed by atoms with van der Waals surface area (Å²) in [6, 6.07) is 3.75. The van der Waals surface area contributed by atoms with Gasteiger partial charge in [0.05, 0.1) is 12.0 Å². The molecule has 1 aliphatic carbocycles. The summed E-state index contributed by atoms with van der Waals surface area (Å²) in [6.07, 6.45) is -2.66. The van der Waals surface area contributed by atoms with Crippen LogP contribution in [0.2, 0.25) is 0 Å². The van der Waals surface area contributed by atoms with Gasteiger partial charge in [0.2, 0.25) is 5.91 Å². The first kappa shape index (κ1) is 13.9. The van der Waals surface area contributed by atoms with Crippen molar-refractivity contribution in [3.05, 3.63) is 29.8 Å². The van der Waals surface area contributed by atoms with Gasteiger partial charge >= 0.3 is 6.18 Å². The van der Waals surface area contributed by atoms with Gasteiger partial charge in [0.1, 0.15) is 6.04 Å². The average molecular weight is 298 g/mol. The number of rotatable bonds is 3. The lowest BCUT2D eigenvalue weighted by atomic mass is 10.1. The molecule has 4 nitrogen and oxygen atoms in total. The first-order valence-corrected chi connectivity index (χ1v) is 6.66. The summed E-state index contributed by atoms with van der Waals surface area (Å²) in [4.78, 5) is 25.1. The Kier molecular flexibility index (Phi) is 3.15. The number of likely N-dealkylation sites (tertiary alicyclic amines) is 1. The second kappa shape index (κ2) is 4.75. The summed E-state index contributed by atoms with van der Waals surface area (Å²) in [7, 11) is 0. The zero-order valence-corrected chi connectivity index (χ0v) is 11.0. The fraction of sp³-hybridized carbons (Fsp3) is 0.429. The van der Waals surface area contributed by atoms with E-state index in [1.807, 2.05) is 0 Å². The summed E-state index contributed by atoms with van der Waals surface area (Å²) in [5.41, 5.74) is -0.353. The number of carbonyl (C=O) groups is 2. The van der Waals surface area contributed by atoms with Crippen molar-refractivity contribution in [3.63, 3.8) is 0 Å². The first-order chi connectivity index (χ1) is 9.86. The van der Waals surface area contributed by atoms with Crippen molar-refractivity contribution >= 4 is 17.5 Å². The Hall–Kier alpha value is -2.05. The second-order valence-corrected chi connectivity index (χ2v) is 5.31. The number of hydrogen-bond donors (Lipinski definition) is 1. The molecule has 1 aliphatic heterocycles. The number of alkyl halides is 3. The highest BCUT2D eigenvalue weighted by molar-refractivity contribution is 6.07. The molecule has 2 fully saturated rings. The number of nitrogens with zero attached hydrogens (tertiary/aromatic N) is 1. The van der Waals surface area contributed by atoms with Crippen LogP contribution in [0.25, 0.3) is 0 Å². The zero-order chi connectivity index (χ0) is 15.2. The smallest absolute Gasteiger partial charge is 0.373 e. The highest BCUT2D eigenvalue weighted by Gasteiger charge is 2.46. The van der Waals surface area contributed by atoms with Gasteiger partial charge in [-0.25, -0.2) is 0 Å². The van der Waals surface area contributed by atoms with Crippen LogP contribution in [0.15, 0.2) is 24.3 Å². The van der Waals surface area contributed by atoms with E-state index in [1.54, 1.807) is 0 Å². The maximum absolute atomic E-state index is 12.5. The van der Waals surface area contributed by atoms with E-state index in [0.717, 1.165) is 25.0 Å². The molecule has 0 spiro atoms. The van der Waals surface area contributed by atoms with Gasteiger partial charge in [0.25, 0.3) is 5.91 Å². The molecule has 1 unspecified atom stereocenters. The SMILES string of the molecule is O=C1CC(Nc2ccc(C(F)(F)F)cc2)C(=O)N1C1CC1. The molecule has 112 valence electrons. The van der Waals surface area contributed by atoms with Gasteiger partial charge < -0.3 is 5.32 Å². The highest BCUT2D eigenvalue weighted by atomic mass is 19.4. The highest BCUT2D eigenvalue weighted by Crippen LogP contribution is 2.33. The Morgan fingerprint density at radius 2 is 1.71 bits per heavy atom. The predicted molar refractivity (Wildman–Crippen MR) is 68.3 cm³/mol. The van der Waals surface area contributed by atoms with Crippen LogP contribution in [0.1, 0.15) is 24.8 Å². The number of anilines is 1. The van der Waals surface area contributed by atoms with Crippen LogP contribution in [0, 0.1) is 0 Å². The molecule has 21 heavy (non-hydrogen) atoms. The minimum atomic E-state index is -4.39. The summed E-state index contributed by atoms with van der Waals surface area (Å²) in [6.45, 7) is 0. The summed E-state index contributed by atoms with van der Waals surface area (Å²) in [5.74, 6) is -0.505. The maximum Gasteiger partial charge on any atom is 0.416 e. The molecule has 0 radical (unpaired) electrons. The average Bonchev–Trinajstić information content (AvgIpc) is 3.18. The third-order valence-electron chi connectivity index (χ3n) is 3.65. The van der Waals surface area contributed by atoms with Gasteiger partial charge in [0.15, 0.2) is 0 Å². The number of carbonyl (C=O) groups excluding carboxylic acids is 2. The van der Waals surface area contributed by atoms with E-state index in [4.69, 9.17) is 0 Å². The quantitative estimate of drug-likeness (QED) is 0.872. The lowest BCUT2D eigenvalue weighted by Gasteiger charge is -2.15.